The van der Waals surface area contributed by atoms with Crippen LogP contribution in [-0.2, 0) is 16.1 Å². The number of carbonyl (C=O) groups excluding carboxylic acids is 2. The molecule has 1 aromatic heterocycles. The second-order valence-corrected chi connectivity index (χ2v) is 7.38. The van der Waals surface area contributed by atoms with Gasteiger partial charge in [0.1, 0.15) is 5.75 Å². The molecule has 0 radical (unpaired) electrons. The summed E-state index contributed by atoms with van der Waals surface area (Å²) in [4.78, 5) is 30.2. The smallest absolute Gasteiger partial charge is 0.422 e. The Morgan fingerprint density at radius 3 is 2.50 bits per heavy atom. The van der Waals surface area contributed by atoms with Gasteiger partial charge in [-0.1, -0.05) is 18.2 Å². The normalized spacial score (nSPS) is 14.7. The highest BCUT2D eigenvalue weighted by Gasteiger charge is 2.29. The van der Waals surface area contributed by atoms with E-state index >= 15 is 0 Å². The molecule has 32 heavy (non-hydrogen) atoms. The molecule has 0 bridgehead atoms. The van der Waals surface area contributed by atoms with Crippen molar-refractivity contribution in [3.05, 3.63) is 54.2 Å². The van der Waals surface area contributed by atoms with Gasteiger partial charge < -0.3 is 19.7 Å². The molecule has 1 N–H and O–H groups in total. The van der Waals surface area contributed by atoms with Gasteiger partial charge in [0.05, 0.1) is 0 Å². The first-order chi connectivity index (χ1) is 15.3. The van der Waals surface area contributed by atoms with Crippen molar-refractivity contribution in [3.8, 4) is 11.6 Å². The summed E-state index contributed by atoms with van der Waals surface area (Å²) in [5, 5.41) is 2.79. The maximum absolute atomic E-state index is 12.5. The van der Waals surface area contributed by atoms with E-state index in [2.05, 4.69) is 15.0 Å². The third-order valence-corrected chi connectivity index (χ3v) is 4.97. The van der Waals surface area contributed by atoms with Crippen LogP contribution in [0.2, 0.25) is 0 Å². The topological polar surface area (TPSA) is 80.8 Å². The highest BCUT2D eigenvalue weighted by atomic mass is 19.4. The number of hydrogen-bond donors (Lipinski definition) is 1. The number of rotatable bonds is 8. The lowest BCUT2D eigenvalue weighted by Gasteiger charge is -2.31. The van der Waals surface area contributed by atoms with Crippen molar-refractivity contribution >= 4 is 11.8 Å². The van der Waals surface area contributed by atoms with Gasteiger partial charge in [0.2, 0.25) is 11.8 Å². The van der Waals surface area contributed by atoms with Gasteiger partial charge in [0.15, 0.2) is 13.2 Å². The van der Waals surface area contributed by atoms with E-state index in [0.717, 1.165) is 0 Å². The van der Waals surface area contributed by atoms with Gasteiger partial charge in [-0.3, -0.25) is 9.59 Å². The average molecular weight is 451 g/mol. The van der Waals surface area contributed by atoms with Gasteiger partial charge in [0.25, 0.3) is 5.91 Å². The molecule has 1 aliphatic rings. The third-order valence-electron chi connectivity index (χ3n) is 4.97. The Labute approximate surface area is 183 Å². The summed E-state index contributed by atoms with van der Waals surface area (Å²) in [5.74, 6) is -0.0585. The molecule has 1 aliphatic heterocycles. The van der Waals surface area contributed by atoms with Crippen LogP contribution in [0.15, 0.2) is 48.7 Å². The van der Waals surface area contributed by atoms with E-state index < -0.39 is 12.8 Å². The number of amides is 2. The van der Waals surface area contributed by atoms with Crippen molar-refractivity contribution in [2.75, 3.05) is 26.3 Å². The predicted octanol–water partition coefficient (Wildman–Crippen LogP) is 2.96. The summed E-state index contributed by atoms with van der Waals surface area (Å²) < 4.78 is 46.9. The zero-order chi connectivity index (χ0) is 23.0. The fourth-order valence-corrected chi connectivity index (χ4v) is 3.27. The van der Waals surface area contributed by atoms with Gasteiger partial charge in [-0.15, -0.1) is 0 Å². The lowest BCUT2D eigenvalue weighted by Crippen LogP contribution is -2.44. The molecule has 1 fully saturated rings. The van der Waals surface area contributed by atoms with E-state index in [0.29, 0.717) is 37.2 Å². The zero-order valence-electron chi connectivity index (χ0n) is 17.3. The predicted molar refractivity (Wildman–Crippen MR) is 109 cm³/mol. The maximum Gasteiger partial charge on any atom is 0.422 e. The quantitative estimate of drug-likeness (QED) is 0.668. The number of alkyl halides is 3. The number of piperidine rings is 1. The van der Waals surface area contributed by atoms with Gasteiger partial charge in [0, 0.05) is 37.8 Å². The molecule has 10 heteroatoms. The summed E-state index contributed by atoms with van der Waals surface area (Å²) in [6, 6.07) is 12.0. The SMILES string of the molecule is O=C(NCc1ccnc(OCC(F)(F)F)c1)C1CCN(C(=O)COc2ccccc2)CC1. The largest absolute Gasteiger partial charge is 0.484 e. The summed E-state index contributed by atoms with van der Waals surface area (Å²) in [6.07, 6.45) is -2.07. The van der Waals surface area contributed by atoms with E-state index in [9.17, 15) is 22.8 Å². The number of nitrogens with zero attached hydrogens (tertiary/aromatic N) is 2. The van der Waals surface area contributed by atoms with Crippen LogP contribution in [0, 0.1) is 5.92 Å². The number of hydrogen-bond acceptors (Lipinski definition) is 5. The van der Waals surface area contributed by atoms with E-state index in [1.54, 1.807) is 23.1 Å². The third kappa shape index (κ3) is 7.44. The minimum absolute atomic E-state index is 0.0539. The van der Waals surface area contributed by atoms with Crippen LogP contribution in [0.5, 0.6) is 11.6 Å². The Bertz CT molecular complexity index is 901. The number of likely N-dealkylation sites (tertiary alicyclic amines) is 1. The van der Waals surface area contributed by atoms with E-state index in [-0.39, 0.29) is 36.8 Å². The van der Waals surface area contributed by atoms with Crippen LogP contribution in [0.3, 0.4) is 0 Å². The van der Waals surface area contributed by atoms with Crippen molar-refractivity contribution in [2.45, 2.75) is 25.6 Å². The van der Waals surface area contributed by atoms with E-state index in [1.165, 1.54) is 12.3 Å². The molecule has 0 aliphatic carbocycles. The van der Waals surface area contributed by atoms with Crippen LogP contribution in [0.4, 0.5) is 13.2 Å². The van der Waals surface area contributed by atoms with Gasteiger partial charge >= 0.3 is 6.18 Å². The molecule has 2 heterocycles. The Morgan fingerprint density at radius 1 is 1.09 bits per heavy atom. The van der Waals surface area contributed by atoms with Gasteiger partial charge in [-0.2, -0.15) is 13.2 Å². The number of para-hydroxylation sites is 1. The Hall–Kier alpha value is -3.30. The number of ether oxygens (including phenoxy) is 2. The van der Waals surface area contributed by atoms with Gasteiger partial charge in [-0.05, 0) is 36.6 Å². The fourth-order valence-electron chi connectivity index (χ4n) is 3.27. The lowest BCUT2D eigenvalue weighted by atomic mass is 9.96. The molecule has 0 saturated carbocycles. The molecule has 172 valence electrons. The first-order valence-corrected chi connectivity index (χ1v) is 10.2. The molecular formula is C22H24F3N3O4. The van der Waals surface area contributed by atoms with E-state index in [4.69, 9.17) is 4.74 Å². The van der Waals surface area contributed by atoms with Crippen molar-refractivity contribution in [1.82, 2.24) is 15.2 Å². The summed E-state index contributed by atoms with van der Waals surface area (Å²) >= 11 is 0. The van der Waals surface area contributed by atoms with Crippen LogP contribution in [-0.4, -0.2) is 54.2 Å². The molecule has 2 aromatic rings. The van der Waals surface area contributed by atoms with Crippen LogP contribution < -0.4 is 14.8 Å². The summed E-state index contributed by atoms with van der Waals surface area (Å²) in [6.45, 7) is -0.418. The monoisotopic (exact) mass is 451 g/mol. The average Bonchev–Trinajstić information content (AvgIpc) is 2.80. The number of nitrogens with one attached hydrogen (secondary N) is 1. The summed E-state index contributed by atoms with van der Waals surface area (Å²) in [5.41, 5.74) is 0.580. The molecule has 0 atom stereocenters. The molecule has 1 saturated heterocycles. The highest BCUT2D eigenvalue weighted by Crippen LogP contribution is 2.20. The van der Waals surface area contributed by atoms with Gasteiger partial charge in [-0.25, -0.2) is 4.98 Å². The lowest BCUT2D eigenvalue weighted by molar-refractivity contribution is -0.154. The summed E-state index contributed by atoms with van der Waals surface area (Å²) in [7, 11) is 0. The van der Waals surface area contributed by atoms with Crippen molar-refractivity contribution in [2.24, 2.45) is 5.92 Å². The molecule has 1 aromatic carbocycles. The first kappa shape index (κ1) is 23.4. The number of benzene rings is 1. The highest BCUT2D eigenvalue weighted by molar-refractivity contribution is 5.80. The minimum Gasteiger partial charge on any atom is -0.484 e. The van der Waals surface area contributed by atoms with Crippen molar-refractivity contribution in [1.29, 1.82) is 0 Å². The van der Waals surface area contributed by atoms with Crippen LogP contribution in [0.25, 0.3) is 0 Å². The Kier molecular flexibility index (Phi) is 7.91. The molecule has 2 amide bonds. The standard InChI is InChI=1S/C22H24F3N3O4/c23-22(24,25)15-32-19-12-16(6-9-26-19)13-27-21(30)17-7-10-28(11-8-17)20(29)14-31-18-4-2-1-3-5-18/h1-6,9,12,17H,7-8,10-11,13-15H2,(H,27,30). The van der Waals surface area contributed by atoms with E-state index in [1.807, 2.05) is 18.2 Å². The minimum atomic E-state index is -4.45. The Morgan fingerprint density at radius 2 is 1.81 bits per heavy atom. The molecule has 0 spiro atoms. The molecule has 3 rings (SSSR count). The molecule has 7 nitrogen and oxygen atoms in total. The van der Waals surface area contributed by atoms with Crippen molar-refractivity contribution < 1.29 is 32.2 Å². The number of aromatic nitrogens is 1. The second-order valence-electron chi connectivity index (χ2n) is 7.38. The van der Waals surface area contributed by atoms with Crippen LogP contribution >= 0.6 is 0 Å². The van der Waals surface area contributed by atoms with Crippen molar-refractivity contribution in [3.63, 3.8) is 0 Å². The first-order valence-electron chi connectivity index (χ1n) is 10.2. The fraction of sp³-hybridized carbons (Fsp3) is 0.409. The molecular weight excluding hydrogens is 427 g/mol. The Balaban J connectivity index is 1.39. The zero-order valence-corrected chi connectivity index (χ0v) is 17.3. The van der Waals surface area contributed by atoms with Crippen LogP contribution in [0.1, 0.15) is 18.4 Å². The number of pyridine rings is 1. The number of carbonyl (C=O) groups is 2. The molecule has 0 unspecified atom stereocenters. The second kappa shape index (κ2) is 10.8. The number of halogens is 3. The maximum atomic E-state index is 12.5.